The fourth-order valence-electron chi connectivity index (χ4n) is 6.50. The van der Waals surface area contributed by atoms with Crippen LogP contribution in [-0.4, -0.2) is 9.97 Å². The smallest absolute Gasteiger partial charge is 0.161 e. The molecule has 2 aromatic heterocycles. The summed E-state index contributed by atoms with van der Waals surface area (Å²) in [6, 6.07) is 54.9. The molecule has 0 aliphatic carbocycles. The van der Waals surface area contributed by atoms with E-state index in [9.17, 15) is 0 Å². The Bertz CT molecular complexity index is 2470. The first-order valence-electron chi connectivity index (χ1n) is 15.2. The lowest BCUT2D eigenvalue weighted by Gasteiger charge is -2.13. The first kappa shape index (κ1) is 25.4. The first-order valence-corrected chi connectivity index (χ1v) is 15.2. The van der Waals surface area contributed by atoms with Gasteiger partial charge in [0.05, 0.1) is 11.4 Å². The summed E-state index contributed by atoms with van der Waals surface area (Å²) in [6.45, 7) is 0. The Morgan fingerprint density at radius 1 is 0.378 bits per heavy atom. The summed E-state index contributed by atoms with van der Waals surface area (Å²) >= 11 is 0. The predicted molar refractivity (Wildman–Crippen MR) is 186 cm³/mol. The van der Waals surface area contributed by atoms with Crippen molar-refractivity contribution < 1.29 is 4.42 Å². The Labute approximate surface area is 260 Å². The van der Waals surface area contributed by atoms with Crippen molar-refractivity contribution in [3.8, 4) is 45.0 Å². The molecule has 7 aromatic carbocycles. The Balaban J connectivity index is 1.23. The second-order valence-electron chi connectivity index (χ2n) is 11.4. The van der Waals surface area contributed by atoms with E-state index in [1.54, 1.807) is 0 Å². The monoisotopic (exact) mass is 574 g/mol. The van der Waals surface area contributed by atoms with Crippen molar-refractivity contribution >= 4 is 43.5 Å². The van der Waals surface area contributed by atoms with Crippen LogP contribution in [0.3, 0.4) is 0 Å². The third-order valence-electron chi connectivity index (χ3n) is 8.70. The molecule has 0 saturated carbocycles. The van der Waals surface area contributed by atoms with E-state index in [4.69, 9.17) is 14.4 Å². The molecule has 0 aliphatic rings. The molecule has 0 amide bonds. The summed E-state index contributed by atoms with van der Waals surface area (Å²) in [5.41, 5.74) is 9.07. The lowest BCUT2D eigenvalue weighted by Crippen LogP contribution is -1.97. The third-order valence-corrected chi connectivity index (χ3v) is 8.70. The molecule has 210 valence electrons. The molecule has 0 saturated heterocycles. The molecule has 0 bridgehead atoms. The Hall–Kier alpha value is -6.06. The molecule has 3 heteroatoms. The fourth-order valence-corrected chi connectivity index (χ4v) is 6.50. The van der Waals surface area contributed by atoms with Crippen LogP contribution in [0, 0.1) is 0 Å². The van der Waals surface area contributed by atoms with Crippen LogP contribution in [0.15, 0.2) is 162 Å². The van der Waals surface area contributed by atoms with Gasteiger partial charge in [-0.25, -0.2) is 9.97 Å². The van der Waals surface area contributed by atoms with Gasteiger partial charge in [0.1, 0.15) is 11.2 Å². The van der Waals surface area contributed by atoms with Crippen molar-refractivity contribution in [2.24, 2.45) is 0 Å². The molecule has 0 fully saturated rings. The number of fused-ring (bicyclic) bond motifs is 6. The summed E-state index contributed by atoms with van der Waals surface area (Å²) in [7, 11) is 0. The van der Waals surface area contributed by atoms with Crippen molar-refractivity contribution in [3.63, 3.8) is 0 Å². The zero-order chi connectivity index (χ0) is 29.7. The Kier molecular flexibility index (Phi) is 5.82. The Morgan fingerprint density at radius 3 is 1.69 bits per heavy atom. The average molecular weight is 575 g/mol. The zero-order valence-corrected chi connectivity index (χ0v) is 24.3. The summed E-state index contributed by atoms with van der Waals surface area (Å²) in [4.78, 5) is 10.2. The molecule has 0 N–H and O–H groups in total. The molecule has 0 aliphatic heterocycles. The molecule has 0 atom stereocenters. The van der Waals surface area contributed by atoms with Crippen LogP contribution in [-0.2, 0) is 0 Å². The molecule has 0 unspecified atom stereocenters. The summed E-state index contributed by atoms with van der Waals surface area (Å²) in [5.74, 6) is 0.709. The van der Waals surface area contributed by atoms with Gasteiger partial charge < -0.3 is 4.42 Å². The normalized spacial score (nSPS) is 11.6. The largest absolute Gasteiger partial charge is 0.455 e. The van der Waals surface area contributed by atoms with Crippen LogP contribution in [0.25, 0.3) is 88.5 Å². The van der Waals surface area contributed by atoms with E-state index >= 15 is 0 Å². The van der Waals surface area contributed by atoms with Gasteiger partial charge in [0.15, 0.2) is 5.82 Å². The number of furan rings is 1. The highest BCUT2D eigenvalue weighted by Crippen LogP contribution is 2.40. The molecule has 45 heavy (non-hydrogen) atoms. The minimum absolute atomic E-state index is 0.709. The van der Waals surface area contributed by atoms with Crippen molar-refractivity contribution in [2.75, 3.05) is 0 Å². The topological polar surface area (TPSA) is 38.9 Å². The molecule has 9 rings (SSSR count). The van der Waals surface area contributed by atoms with Crippen LogP contribution in [0.2, 0.25) is 0 Å². The third kappa shape index (κ3) is 4.29. The van der Waals surface area contributed by atoms with E-state index in [1.807, 2.05) is 36.4 Å². The van der Waals surface area contributed by atoms with Gasteiger partial charge in [-0.15, -0.1) is 0 Å². The highest BCUT2D eigenvalue weighted by Gasteiger charge is 2.16. The minimum Gasteiger partial charge on any atom is -0.455 e. The molecular formula is C42H26N2O. The van der Waals surface area contributed by atoms with Gasteiger partial charge >= 0.3 is 0 Å². The molecule has 2 heterocycles. The van der Waals surface area contributed by atoms with Crippen LogP contribution >= 0.6 is 0 Å². The Morgan fingerprint density at radius 2 is 0.978 bits per heavy atom. The van der Waals surface area contributed by atoms with Gasteiger partial charge in [-0.05, 0) is 57.6 Å². The van der Waals surface area contributed by atoms with Crippen LogP contribution in [0.1, 0.15) is 0 Å². The molecule has 0 radical (unpaired) electrons. The lowest BCUT2D eigenvalue weighted by molar-refractivity contribution is 0.672. The minimum atomic E-state index is 0.709. The maximum atomic E-state index is 6.40. The van der Waals surface area contributed by atoms with Gasteiger partial charge in [0.25, 0.3) is 0 Å². The number of rotatable bonds is 4. The maximum absolute atomic E-state index is 6.40. The first-order chi connectivity index (χ1) is 22.3. The van der Waals surface area contributed by atoms with Crippen molar-refractivity contribution in [2.45, 2.75) is 0 Å². The SMILES string of the molecule is c1ccc(-c2cc(-c3ccccc3)nc(-c3ccc(-c4ccc5oc6c7ccccc7ccc6c5c4)c4ccccc34)n2)cc1. The van der Waals surface area contributed by atoms with Crippen molar-refractivity contribution in [3.05, 3.63) is 158 Å². The summed E-state index contributed by atoms with van der Waals surface area (Å²) in [5, 5.41) is 6.83. The van der Waals surface area contributed by atoms with E-state index in [0.717, 1.165) is 77.3 Å². The molecule has 9 aromatic rings. The van der Waals surface area contributed by atoms with Gasteiger partial charge in [-0.1, -0.05) is 127 Å². The zero-order valence-electron chi connectivity index (χ0n) is 24.3. The molecule has 3 nitrogen and oxygen atoms in total. The molecular weight excluding hydrogens is 548 g/mol. The van der Waals surface area contributed by atoms with Gasteiger partial charge in [0, 0.05) is 32.8 Å². The van der Waals surface area contributed by atoms with Gasteiger partial charge in [-0.2, -0.15) is 0 Å². The number of benzene rings is 7. The number of hydrogen-bond donors (Lipinski definition) is 0. The van der Waals surface area contributed by atoms with Crippen LogP contribution in [0.5, 0.6) is 0 Å². The summed E-state index contributed by atoms with van der Waals surface area (Å²) in [6.07, 6.45) is 0. The van der Waals surface area contributed by atoms with E-state index in [0.29, 0.717) is 5.82 Å². The van der Waals surface area contributed by atoms with Gasteiger partial charge in [-0.3, -0.25) is 0 Å². The van der Waals surface area contributed by atoms with E-state index in [2.05, 4.69) is 121 Å². The quantitative estimate of drug-likeness (QED) is 0.210. The second kappa shape index (κ2) is 10.3. The number of aromatic nitrogens is 2. The molecule has 0 spiro atoms. The van der Waals surface area contributed by atoms with Crippen LogP contribution < -0.4 is 0 Å². The summed E-state index contributed by atoms with van der Waals surface area (Å²) < 4.78 is 6.40. The van der Waals surface area contributed by atoms with Crippen LogP contribution in [0.4, 0.5) is 0 Å². The van der Waals surface area contributed by atoms with E-state index in [1.165, 1.54) is 5.39 Å². The maximum Gasteiger partial charge on any atom is 0.161 e. The standard InChI is InChI=1S/C42H26N2O/c1-3-12-28(13-4-1)38-26-39(29-14-5-2-6-15-29)44-42(43-38)36-23-22-31(33-17-9-10-18-34(33)36)30-20-24-40-37(25-30)35-21-19-27-11-7-8-16-32(27)41(35)45-40/h1-26H. The number of nitrogens with zero attached hydrogens (tertiary/aromatic N) is 2. The van der Waals surface area contributed by atoms with E-state index in [-0.39, 0.29) is 0 Å². The van der Waals surface area contributed by atoms with Gasteiger partial charge in [0.2, 0.25) is 0 Å². The average Bonchev–Trinajstić information content (AvgIpc) is 3.50. The van der Waals surface area contributed by atoms with E-state index < -0.39 is 0 Å². The highest BCUT2D eigenvalue weighted by atomic mass is 16.3. The lowest BCUT2D eigenvalue weighted by atomic mass is 9.93. The fraction of sp³-hybridized carbons (Fsp3) is 0. The predicted octanol–water partition coefficient (Wildman–Crippen LogP) is 11.4. The van der Waals surface area contributed by atoms with Crippen molar-refractivity contribution in [1.82, 2.24) is 9.97 Å². The number of hydrogen-bond acceptors (Lipinski definition) is 3. The highest BCUT2D eigenvalue weighted by molar-refractivity contribution is 6.16. The second-order valence-corrected chi connectivity index (χ2v) is 11.4. The van der Waals surface area contributed by atoms with Crippen molar-refractivity contribution in [1.29, 1.82) is 0 Å².